The normalized spacial score (nSPS) is 25.9. The number of rotatable bonds is 11. The first-order valence-corrected chi connectivity index (χ1v) is 16.1. The lowest BCUT2D eigenvalue weighted by atomic mass is 10.0. The summed E-state index contributed by atoms with van der Waals surface area (Å²) in [5, 5.41) is 66.9. The fourth-order valence-electron chi connectivity index (χ4n) is 5.85. The SMILES string of the molecule is CNC(CO)C(=O)N1CCCC1C(=O)NC1CCCN(C(=N)N)C1O.CNC(CO)C(=O)NC(C)C(=O)NC1CCCN(C(=N)N)C1O. The Kier molecular flexibility index (Phi) is 16.2. The number of piperidine rings is 2. The van der Waals surface area contributed by atoms with Gasteiger partial charge in [-0.1, -0.05) is 0 Å². The van der Waals surface area contributed by atoms with Crippen molar-refractivity contribution in [2.24, 2.45) is 11.5 Å². The maximum absolute atomic E-state index is 12.6. The van der Waals surface area contributed by atoms with Crippen LogP contribution in [0.15, 0.2) is 0 Å². The lowest BCUT2D eigenvalue weighted by molar-refractivity contribution is -0.141. The van der Waals surface area contributed by atoms with E-state index in [-0.39, 0.29) is 36.9 Å². The van der Waals surface area contributed by atoms with Crippen molar-refractivity contribution in [3.8, 4) is 0 Å². The Morgan fingerprint density at radius 2 is 1.21 bits per heavy atom. The van der Waals surface area contributed by atoms with Gasteiger partial charge in [-0.25, -0.2) is 0 Å². The Hall–Kier alpha value is -3.82. The fraction of sp³-hybridized carbons (Fsp3) is 0.786. The van der Waals surface area contributed by atoms with Crippen LogP contribution in [0, 0.1) is 10.8 Å². The summed E-state index contributed by atoms with van der Waals surface area (Å²) in [4.78, 5) is 53.2. The number of amides is 4. The number of likely N-dealkylation sites (tertiary alicyclic amines) is 3. The molecule has 0 bridgehead atoms. The molecule has 3 fully saturated rings. The largest absolute Gasteiger partial charge is 0.394 e. The predicted octanol–water partition coefficient (Wildman–Crippen LogP) is -5.79. The number of guanidine groups is 2. The summed E-state index contributed by atoms with van der Waals surface area (Å²) in [5.41, 5.74) is 10.8. The average Bonchev–Trinajstić information content (AvgIpc) is 3.54. The number of nitrogens with zero attached hydrogens (tertiary/aromatic N) is 3. The number of aliphatic hydroxyl groups is 4. The molecule has 0 aromatic heterocycles. The molecule has 0 aliphatic carbocycles. The maximum Gasteiger partial charge on any atom is 0.243 e. The summed E-state index contributed by atoms with van der Waals surface area (Å²) in [6.45, 7) is 2.17. The number of likely N-dealkylation sites (N-methyl/N-ethyl adjacent to an activating group) is 2. The second-order valence-corrected chi connectivity index (χ2v) is 12.0. The van der Waals surface area contributed by atoms with Crippen LogP contribution in [0.3, 0.4) is 0 Å². The monoisotopic (exact) mass is 686 g/mol. The van der Waals surface area contributed by atoms with Gasteiger partial charge in [0.2, 0.25) is 23.6 Å². The zero-order valence-corrected chi connectivity index (χ0v) is 27.8. The third-order valence-corrected chi connectivity index (χ3v) is 8.73. The van der Waals surface area contributed by atoms with E-state index in [9.17, 15) is 34.5 Å². The van der Waals surface area contributed by atoms with Gasteiger partial charge in [-0.15, -0.1) is 0 Å². The predicted molar refractivity (Wildman–Crippen MR) is 174 cm³/mol. The molecule has 3 aliphatic rings. The summed E-state index contributed by atoms with van der Waals surface area (Å²) >= 11 is 0. The van der Waals surface area contributed by atoms with Crippen molar-refractivity contribution in [1.82, 2.24) is 41.3 Å². The lowest BCUT2D eigenvalue weighted by Gasteiger charge is -2.39. The first-order chi connectivity index (χ1) is 22.7. The van der Waals surface area contributed by atoms with Crippen LogP contribution in [-0.2, 0) is 19.2 Å². The van der Waals surface area contributed by atoms with E-state index in [4.69, 9.17) is 27.4 Å². The molecule has 20 heteroatoms. The number of aliphatic hydroxyl groups excluding tert-OH is 4. The number of carbonyl (C=O) groups excluding carboxylic acids is 4. The van der Waals surface area contributed by atoms with Crippen molar-refractivity contribution < 1.29 is 39.6 Å². The van der Waals surface area contributed by atoms with Gasteiger partial charge in [0.15, 0.2) is 11.9 Å². The maximum atomic E-state index is 12.6. The first-order valence-electron chi connectivity index (χ1n) is 16.1. The Labute approximate surface area is 279 Å². The van der Waals surface area contributed by atoms with Gasteiger partial charge in [0.1, 0.15) is 36.6 Å². The van der Waals surface area contributed by atoms with E-state index in [2.05, 4.69) is 26.6 Å². The number of hydrogen-bond donors (Lipinski definition) is 13. The summed E-state index contributed by atoms with van der Waals surface area (Å²) < 4.78 is 0. The van der Waals surface area contributed by atoms with Crippen LogP contribution >= 0.6 is 0 Å². The third kappa shape index (κ3) is 10.6. The molecule has 274 valence electrons. The minimum atomic E-state index is -1.07. The van der Waals surface area contributed by atoms with Crippen molar-refractivity contribution in [2.45, 2.75) is 94.2 Å². The first kappa shape index (κ1) is 40.4. The number of nitrogens with two attached hydrogens (primary N) is 2. The van der Waals surface area contributed by atoms with Gasteiger partial charge in [-0.3, -0.25) is 30.0 Å². The van der Waals surface area contributed by atoms with E-state index in [1.807, 2.05) is 0 Å². The molecule has 3 aliphatic heterocycles. The summed E-state index contributed by atoms with van der Waals surface area (Å²) in [5.74, 6) is -2.07. The Morgan fingerprint density at radius 1 is 0.750 bits per heavy atom. The van der Waals surface area contributed by atoms with Crippen LogP contribution in [0.1, 0.15) is 45.4 Å². The average molecular weight is 687 g/mol. The molecule has 3 rings (SSSR count). The number of carbonyl (C=O) groups is 4. The molecule has 0 aromatic carbocycles. The molecule has 8 unspecified atom stereocenters. The van der Waals surface area contributed by atoms with Crippen molar-refractivity contribution >= 4 is 35.5 Å². The van der Waals surface area contributed by atoms with Gasteiger partial charge in [0.25, 0.3) is 0 Å². The summed E-state index contributed by atoms with van der Waals surface area (Å²) in [6.07, 6.45) is 1.62. The highest BCUT2D eigenvalue weighted by Gasteiger charge is 2.39. The quantitative estimate of drug-likeness (QED) is 0.0712. The van der Waals surface area contributed by atoms with Crippen LogP contribution in [-0.4, -0.2) is 166 Å². The Morgan fingerprint density at radius 3 is 1.67 bits per heavy atom. The van der Waals surface area contributed by atoms with E-state index in [0.29, 0.717) is 58.2 Å². The minimum Gasteiger partial charge on any atom is -0.394 e. The minimum absolute atomic E-state index is 0.232. The van der Waals surface area contributed by atoms with Crippen molar-refractivity contribution in [2.75, 3.05) is 46.9 Å². The van der Waals surface area contributed by atoms with Gasteiger partial charge < -0.3 is 73.2 Å². The van der Waals surface area contributed by atoms with Crippen LogP contribution in [0.5, 0.6) is 0 Å². The second kappa shape index (κ2) is 19.2. The Bertz CT molecular complexity index is 1120. The van der Waals surface area contributed by atoms with Crippen LogP contribution in [0.4, 0.5) is 0 Å². The molecule has 8 atom stereocenters. The zero-order valence-electron chi connectivity index (χ0n) is 27.8. The molecule has 20 nitrogen and oxygen atoms in total. The van der Waals surface area contributed by atoms with Gasteiger partial charge in [-0.05, 0) is 59.5 Å². The van der Waals surface area contributed by atoms with E-state index < -0.39 is 60.5 Å². The fourth-order valence-corrected chi connectivity index (χ4v) is 5.85. The molecule has 3 heterocycles. The standard InChI is InChI=1S/C15H28N6O4.C13H26N6O4/c1-18-10(8-22)14(25)20-6-3-5-11(20)12(23)19-9-4-2-7-21(13(9)24)15(16)17;1-7(17-11(22)9(6-20)16-2)10(21)18-8-4-3-5-19(12(8)23)13(14)15/h9-11,13,18,22,24H,2-8H2,1H3,(H3,16,17)(H,19,23);7-9,12,16,20,23H,3-6H2,1-2H3,(H3,14,15)(H,17,22)(H,18,21). The molecule has 0 radical (unpaired) electrons. The third-order valence-electron chi connectivity index (χ3n) is 8.73. The highest BCUT2D eigenvalue weighted by molar-refractivity contribution is 5.91. The highest BCUT2D eigenvalue weighted by Crippen LogP contribution is 2.21. The zero-order chi connectivity index (χ0) is 36.1. The van der Waals surface area contributed by atoms with E-state index in [1.54, 1.807) is 7.05 Å². The van der Waals surface area contributed by atoms with E-state index >= 15 is 0 Å². The van der Waals surface area contributed by atoms with Crippen molar-refractivity contribution in [1.29, 1.82) is 10.8 Å². The van der Waals surface area contributed by atoms with Gasteiger partial charge >= 0.3 is 0 Å². The Balaban J connectivity index is 0.000000335. The van der Waals surface area contributed by atoms with Crippen LogP contribution in [0.25, 0.3) is 0 Å². The van der Waals surface area contributed by atoms with Gasteiger partial charge in [0, 0.05) is 19.6 Å². The molecule has 3 saturated heterocycles. The van der Waals surface area contributed by atoms with E-state index in [0.717, 1.165) is 0 Å². The van der Waals surface area contributed by atoms with Crippen LogP contribution < -0.4 is 38.1 Å². The van der Waals surface area contributed by atoms with Gasteiger partial charge in [-0.2, -0.15) is 0 Å². The highest BCUT2D eigenvalue weighted by atomic mass is 16.3. The van der Waals surface area contributed by atoms with Crippen LogP contribution in [0.2, 0.25) is 0 Å². The molecular weight excluding hydrogens is 632 g/mol. The number of nitrogens with one attached hydrogen (secondary N) is 7. The number of hydrogen-bond acceptors (Lipinski definition) is 12. The van der Waals surface area contributed by atoms with Crippen molar-refractivity contribution in [3.05, 3.63) is 0 Å². The molecule has 0 saturated carbocycles. The van der Waals surface area contributed by atoms with E-state index in [1.165, 1.54) is 28.7 Å². The molecule has 0 spiro atoms. The molecule has 48 heavy (non-hydrogen) atoms. The van der Waals surface area contributed by atoms with Crippen molar-refractivity contribution in [3.63, 3.8) is 0 Å². The lowest BCUT2D eigenvalue weighted by Crippen LogP contribution is -2.61. The topological polar surface area (TPSA) is 319 Å². The second-order valence-electron chi connectivity index (χ2n) is 12.0. The molecular formula is C28H54N12O8. The summed E-state index contributed by atoms with van der Waals surface area (Å²) in [7, 11) is 3.11. The smallest absolute Gasteiger partial charge is 0.243 e. The summed E-state index contributed by atoms with van der Waals surface area (Å²) in [6, 6.07) is -4.08. The molecule has 4 amide bonds. The van der Waals surface area contributed by atoms with Gasteiger partial charge in [0.05, 0.1) is 25.3 Å². The molecule has 0 aromatic rings. The molecule has 15 N–H and O–H groups in total.